The van der Waals surface area contributed by atoms with E-state index in [1.807, 2.05) is 18.3 Å². The van der Waals surface area contributed by atoms with Crippen molar-refractivity contribution in [3.63, 3.8) is 0 Å². The average Bonchev–Trinajstić information content (AvgIpc) is 2.63. The molecular weight excluding hydrogens is 320 g/mol. The van der Waals surface area contributed by atoms with Crippen LogP contribution in [0.4, 0.5) is 0 Å². The Bertz CT molecular complexity index is 626. The summed E-state index contributed by atoms with van der Waals surface area (Å²) in [6.45, 7) is 6.41. The van der Waals surface area contributed by atoms with Crippen molar-refractivity contribution in [3.8, 4) is 0 Å². The number of benzene rings is 1. The van der Waals surface area contributed by atoms with Gasteiger partial charge in [-0.1, -0.05) is 29.8 Å². The molecule has 4 nitrogen and oxygen atoms in total. The van der Waals surface area contributed by atoms with E-state index in [4.69, 9.17) is 11.6 Å². The summed E-state index contributed by atoms with van der Waals surface area (Å²) in [5.74, 6) is 0.728. The molecule has 0 saturated carbocycles. The van der Waals surface area contributed by atoms with Crippen LogP contribution in [-0.2, 0) is 6.54 Å². The maximum absolute atomic E-state index is 6.27. The first-order valence-electron chi connectivity index (χ1n) is 8.67. The molecule has 0 spiro atoms. The van der Waals surface area contributed by atoms with Crippen LogP contribution in [0.1, 0.15) is 37.1 Å². The van der Waals surface area contributed by atoms with Gasteiger partial charge in [0.1, 0.15) is 0 Å². The van der Waals surface area contributed by atoms with Crippen LogP contribution < -0.4 is 5.32 Å². The lowest BCUT2D eigenvalue weighted by molar-refractivity contribution is 0.173. The van der Waals surface area contributed by atoms with Gasteiger partial charge in [0.2, 0.25) is 0 Å². The summed E-state index contributed by atoms with van der Waals surface area (Å²) in [5, 5.41) is 4.47. The number of rotatable bonds is 6. The Balaban J connectivity index is 1.42. The molecule has 1 aromatic carbocycles. The standard InChI is InChI=1S/C19H25ClN4/c1-15(19-13-21-8-9-22-19)23-12-16-6-10-24(11-7-16)14-17-4-2-3-5-18(17)20/h2-5,8-9,13,15-16,23H,6-7,10-12,14H2,1H3. The van der Waals surface area contributed by atoms with E-state index < -0.39 is 0 Å². The van der Waals surface area contributed by atoms with Gasteiger partial charge in [-0.2, -0.15) is 0 Å². The van der Waals surface area contributed by atoms with Gasteiger partial charge in [-0.3, -0.25) is 14.9 Å². The van der Waals surface area contributed by atoms with Crippen molar-refractivity contribution in [2.45, 2.75) is 32.4 Å². The first kappa shape index (κ1) is 17.3. The summed E-state index contributed by atoms with van der Waals surface area (Å²) < 4.78 is 0. The topological polar surface area (TPSA) is 41.0 Å². The third-order valence-electron chi connectivity index (χ3n) is 4.80. The molecule has 128 valence electrons. The molecule has 3 rings (SSSR count). The number of likely N-dealkylation sites (tertiary alicyclic amines) is 1. The smallest absolute Gasteiger partial charge is 0.0753 e. The Labute approximate surface area is 149 Å². The Hall–Kier alpha value is -1.49. The lowest BCUT2D eigenvalue weighted by Gasteiger charge is -2.32. The van der Waals surface area contributed by atoms with Gasteiger partial charge in [0.15, 0.2) is 0 Å². The predicted molar refractivity (Wildman–Crippen MR) is 97.9 cm³/mol. The van der Waals surface area contributed by atoms with Gasteiger partial charge in [0, 0.05) is 36.2 Å². The molecule has 2 aromatic rings. The second-order valence-electron chi connectivity index (χ2n) is 6.57. The van der Waals surface area contributed by atoms with Crippen molar-refractivity contribution < 1.29 is 0 Å². The summed E-state index contributed by atoms with van der Waals surface area (Å²) >= 11 is 6.27. The van der Waals surface area contributed by atoms with E-state index in [1.54, 1.807) is 12.4 Å². The molecule has 0 radical (unpaired) electrons. The normalized spacial score (nSPS) is 17.8. The lowest BCUT2D eigenvalue weighted by Crippen LogP contribution is -2.37. The maximum atomic E-state index is 6.27. The Morgan fingerprint density at radius 3 is 2.75 bits per heavy atom. The summed E-state index contributed by atoms with van der Waals surface area (Å²) in [5.41, 5.74) is 2.24. The van der Waals surface area contributed by atoms with Gasteiger partial charge >= 0.3 is 0 Å². The zero-order valence-electron chi connectivity index (χ0n) is 14.2. The molecule has 1 atom stereocenters. The zero-order chi connectivity index (χ0) is 16.8. The van der Waals surface area contributed by atoms with E-state index in [9.17, 15) is 0 Å². The lowest BCUT2D eigenvalue weighted by atomic mass is 9.96. The highest BCUT2D eigenvalue weighted by Crippen LogP contribution is 2.22. The number of hydrogen-bond donors (Lipinski definition) is 1. The summed E-state index contributed by atoms with van der Waals surface area (Å²) in [7, 11) is 0. The van der Waals surface area contributed by atoms with Crippen molar-refractivity contribution in [2.75, 3.05) is 19.6 Å². The minimum Gasteiger partial charge on any atom is -0.309 e. The van der Waals surface area contributed by atoms with Gasteiger partial charge in [0.05, 0.1) is 5.69 Å². The molecular formula is C19H25ClN4. The van der Waals surface area contributed by atoms with Crippen LogP contribution in [0.15, 0.2) is 42.9 Å². The number of piperidine rings is 1. The second kappa shape index (κ2) is 8.56. The number of halogens is 1. The number of hydrogen-bond acceptors (Lipinski definition) is 4. The van der Waals surface area contributed by atoms with E-state index >= 15 is 0 Å². The number of nitrogens with one attached hydrogen (secondary N) is 1. The summed E-state index contributed by atoms with van der Waals surface area (Å²) in [4.78, 5) is 11.0. The van der Waals surface area contributed by atoms with Gasteiger partial charge in [-0.05, 0) is 56.9 Å². The quantitative estimate of drug-likeness (QED) is 0.867. The van der Waals surface area contributed by atoms with E-state index in [-0.39, 0.29) is 6.04 Å². The molecule has 0 amide bonds. The van der Waals surface area contributed by atoms with Crippen molar-refractivity contribution in [1.29, 1.82) is 0 Å². The second-order valence-corrected chi connectivity index (χ2v) is 6.98. The number of aromatic nitrogens is 2. The Kier molecular flexibility index (Phi) is 6.18. The molecule has 1 aromatic heterocycles. The summed E-state index contributed by atoms with van der Waals surface area (Å²) in [6.07, 6.45) is 7.75. The van der Waals surface area contributed by atoms with E-state index in [2.05, 4.69) is 39.2 Å². The van der Waals surface area contributed by atoms with Crippen molar-refractivity contribution >= 4 is 11.6 Å². The molecule has 0 aliphatic carbocycles. The van der Waals surface area contributed by atoms with Crippen LogP contribution in [0, 0.1) is 5.92 Å². The summed E-state index contributed by atoms with van der Waals surface area (Å²) in [6, 6.07) is 8.40. The molecule has 1 fully saturated rings. The van der Waals surface area contributed by atoms with Crippen LogP contribution in [0.5, 0.6) is 0 Å². The van der Waals surface area contributed by atoms with E-state index in [0.29, 0.717) is 0 Å². The molecule has 1 unspecified atom stereocenters. The van der Waals surface area contributed by atoms with Crippen LogP contribution in [-0.4, -0.2) is 34.5 Å². The SMILES string of the molecule is CC(NCC1CCN(Cc2ccccc2Cl)CC1)c1cnccn1. The van der Waals surface area contributed by atoms with Gasteiger partial charge in [-0.15, -0.1) is 0 Å². The Morgan fingerprint density at radius 1 is 1.25 bits per heavy atom. The van der Waals surface area contributed by atoms with Crippen molar-refractivity contribution in [2.24, 2.45) is 5.92 Å². The molecule has 1 N–H and O–H groups in total. The first-order valence-corrected chi connectivity index (χ1v) is 9.05. The molecule has 1 aliphatic heterocycles. The monoisotopic (exact) mass is 344 g/mol. The zero-order valence-corrected chi connectivity index (χ0v) is 14.9. The van der Waals surface area contributed by atoms with Crippen molar-refractivity contribution in [1.82, 2.24) is 20.2 Å². The highest BCUT2D eigenvalue weighted by atomic mass is 35.5. The third-order valence-corrected chi connectivity index (χ3v) is 5.17. The fraction of sp³-hybridized carbons (Fsp3) is 0.474. The fourth-order valence-corrected chi connectivity index (χ4v) is 3.39. The minimum atomic E-state index is 0.250. The van der Waals surface area contributed by atoms with Gasteiger partial charge in [-0.25, -0.2) is 0 Å². The highest BCUT2D eigenvalue weighted by Gasteiger charge is 2.20. The van der Waals surface area contributed by atoms with Crippen LogP contribution >= 0.6 is 11.6 Å². The molecule has 24 heavy (non-hydrogen) atoms. The number of nitrogens with zero attached hydrogens (tertiary/aromatic N) is 3. The molecule has 1 aliphatic rings. The van der Waals surface area contributed by atoms with E-state index in [1.165, 1.54) is 18.4 Å². The van der Waals surface area contributed by atoms with Gasteiger partial charge in [0.25, 0.3) is 0 Å². The first-order chi connectivity index (χ1) is 11.7. The van der Waals surface area contributed by atoms with Crippen molar-refractivity contribution in [3.05, 3.63) is 59.1 Å². The largest absolute Gasteiger partial charge is 0.309 e. The minimum absolute atomic E-state index is 0.250. The molecule has 2 heterocycles. The average molecular weight is 345 g/mol. The molecule has 1 saturated heterocycles. The third kappa shape index (κ3) is 4.76. The van der Waals surface area contributed by atoms with Crippen LogP contribution in [0.25, 0.3) is 0 Å². The van der Waals surface area contributed by atoms with Crippen LogP contribution in [0.2, 0.25) is 5.02 Å². The molecule has 5 heteroatoms. The van der Waals surface area contributed by atoms with E-state index in [0.717, 1.165) is 42.8 Å². The molecule has 0 bridgehead atoms. The van der Waals surface area contributed by atoms with Crippen LogP contribution in [0.3, 0.4) is 0 Å². The highest BCUT2D eigenvalue weighted by molar-refractivity contribution is 6.31. The maximum Gasteiger partial charge on any atom is 0.0753 e. The predicted octanol–water partition coefficient (Wildman–Crippen LogP) is 3.69. The van der Waals surface area contributed by atoms with Gasteiger partial charge < -0.3 is 5.32 Å². The fourth-order valence-electron chi connectivity index (χ4n) is 3.20. The Morgan fingerprint density at radius 2 is 2.04 bits per heavy atom.